The van der Waals surface area contributed by atoms with Crippen LogP contribution in [0.3, 0.4) is 0 Å². The number of thioether (sulfide) groups is 1. The zero-order valence-electron chi connectivity index (χ0n) is 9.42. The molecule has 1 aliphatic rings. The van der Waals surface area contributed by atoms with Crippen molar-refractivity contribution in [2.45, 2.75) is 24.8 Å². The fourth-order valence-electron chi connectivity index (χ4n) is 1.87. The van der Waals surface area contributed by atoms with Crippen molar-refractivity contribution in [1.29, 1.82) is 0 Å². The van der Waals surface area contributed by atoms with Crippen molar-refractivity contribution in [3.63, 3.8) is 0 Å². The summed E-state index contributed by atoms with van der Waals surface area (Å²) in [5, 5.41) is 8.41. The van der Waals surface area contributed by atoms with E-state index in [0.717, 1.165) is 5.75 Å². The summed E-state index contributed by atoms with van der Waals surface area (Å²) in [6.45, 7) is 2.28. The summed E-state index contributed by atoms with van der Waals surface area (Å²) >= 11 is 1.56. The largest absolute Gasteiger partial charge is 0.480 e. The summed E-state index contributed by atoms with van der Waals surface area (Å²) < 4.78 is 23.2. The molecule has 1 heterocycles. The molecule has 5 nitrogen and oxygen atoms in total. The first-order chi connectivity index (χ1) is 7.38. The standard InChI is InChI=1S/C9H17NO4S2/c1-3-7(9(11)12)10-4-5-15-6-8(10)16(2,13)14/h7-8H,3-6H2,1-2H3,(H,11,12). The summed E-state index contributed by atoms with van der Waals surface area (Å²) in [6.07, 6.45) is 1.59. The molecule has 2 atom stereocenters. The van der Waals surface area contributed by atoms with Crippen molar-refractivity contribution < 1.29 is 18.3 Å². The van der Waals surface area contributed by atoms with Crippen LogP contribution in [0.2, 0.25) is 0 Å². The third-order valence-electron chi connectivity index (χ3n) is 2.69. The van der Waals surface area contributed by atoms with E-state index in [2.05, 4.69) is 0 Å². The average molecular weight is 267 g/mol. The topological polar surface area (TPSA) is 74.7 Å². The maximum Gasteiger partial charge on any atom is 0.320 e. The molecule has 16 heavy (non-hydrogen) atoms. The number of carboxylic acid groups (broad SMARTS) is 1. The van der Waals surface area contributed by atoms with E-state index < -0.39 is 27.2 Å². The molecule has 0 bridgehead atoms. The van der Waals surface area contributed by atoms with Gasteiger partial charge >= 0.3 is 5.97 Å². The van der Waals surface area contributed by atoms with Gasteiger partial charge in [0.1, 0.15) is 11.4 Å². The predicted molar refractivity (Wildman–Crippen MR) is 64.4 cm³/mol. The number of rotatable bonds is 4. The predicted octanol–water partition coefficient (Wildman–Crippen LogP) is 0.269. The van der Waals surface area contributed by atoms with Gasteiger partial charge in [-0.3, -0.25) is 9.69 Å². The minimum atomic E-state index is -3.22. The third-order valence-corrected chi connectivity index (χ3v) is 5.35. The van der Waals surface area contributed by atoms with Crippen LogP contribution in [0.1, 0.15) is 13.3 Å². The van der Waals surface area contributed by atoms with Gasteiger partial charge in [0.15, 0.2) is 9.84 Å². The molecule has 1 fully saturated rings. The lowest BCUT2D eigenvalue weighted by molar-refractivity contribution is -0.143. The van der Waals surface area contributed by atoms with Crippen LogP contribution in [0.25, 0.3) is 0 Å². The number of sulfone groups is 1. The van der Waals surface area contributed by atoms with Gasteiger partial charge in [0.05, 0.1) is 0 Å². The van der Waals surface area contributed by atoms with Crippen molar-refractivity contribution in [2.75, 3.05) is 24.3 Å². The van der Waals surface area contributed by atoms with Gasteiger partial charge in [-0.1, -0.05) is 6.92 Å². The molecule has 0 amide bonds. The molecule has 2 unspecified atom stereocenters. The monoisotopic (exact) mass is 267 g/mol. The first-order valence-electron chi connectivity index (χ1n) is 5.13. The van der Waals surface area contributed by atoms with Crippen molar-refractivity contribution >= 4 is 27.6 Å². The second kappa shape index (κ2) is 5.37. The normalized spacial score (nSPS) is 25.2. The van der Waals surface area contributed by atoms with Gasteiger partial charge in [0.25, 0.3) is 0 Å². The van der Waals surface area contributed by atoms with Crippen molar-refractivity contribution in [1.82, 2.24) is 4.90 Å². The summed E-state index contributed by atoms with van der Waals surface area (Å²) in [6, 6.07) is -0.694. The molecular formula is C9H17NO4S2. The Morgan fingerprint density at radius 2 is 2.25 bits per heavy atom. The van der Waals surface area contributed by atoms with E-state index >= 15 is 0 Å². The molecule has 1 saturated heterocycles. The van der Waals surface area contributed by atoms with E-state index in [0.29, 0.717) is 18.7 Å². The Kier molecular flexibility index (Phi) is 4.63. The third kappa shape index (κ3) is 3.11. The van der Waals surface area contributed by atoms with Crippen molar-refractivity contribution in [2.24, 2.45) is 0 Å². The minimum Gasteiger partial charge on any atom is -0.480 e. The average Bonchev–Trinajstić information content (AvgIpc) is 2.17. The molecule has 0 aromatic rings. The summed E-state index contributed by atoms with van der Waals surface area (Å²) in [7, 11) is -3.22. The molecule has 1 rings (SSSR count). The Bertz CT molecular complexity index is 355. The Labute approximate surface area is 100 Å². The van der Waals surface area contributed by atoms with Gasteiger partial charge < -0.3 is 5.11 Å². The van der Waals surface area contributed by atoms with E-state index in [1.54, 1.807) is 23.6 Å². The molecule has 0 radical (unpaired) electrons. The number of aliphatic carboxylic acids is 1. The highest BCUT2D eigenvalue weighted by Gasteiger charge is 2.37. The summed E-state index contributed by atoms with van der Waals surface area (Å²) in [4.78, 5) is 12.7. The summed E-state index contributed by atoms with van der Waals surface area (Å²) in [5.41, 5.74) is 0. The second-order valence-corrected chi connectivity index (χ2v) is 7.21. The smallest absolute Gasteiger partial charge is 0.320 e. The highest BCUT2D eigenvalue weighted by Crippen LogP contribution is 2.23. The fraction of sp³-hybridized carbons (Fsp3) is 0.889. The first kappa shape index (κ1) is 13.8. The Balaban J connectivity index is 2.93. The van der Waals surface area contributed by atoms with Gasteiger partial charge in [-0.25, -0.2) is 8.42 Å². The second-order valence-electron chi connectivity index (χ2n) is 3.86. The number of carbonyl (C=O) groups is 1. The van der Waals surface area contributed by atoms with Crippen LogP contribution in [0.15, 0.2) is 0 Å². The molecule has 7 heteroatoms. The molecule has 94 valence electrons. The first-order valence-corrected chi connectivity index (χ1v) is 8.24. The Morgan fingerprint density at radius 3 is 2.69 bits per heavy atom. The highest BCUT2D eigenvalue weighted by molar-refractivity contribution is 8.00. The quantitative estimate of drug-likeness (QED) is 0.788. The molecule has 0 spiro atoms. The van der Waals surface area contributed by atoms with Crippen LogP contribution >= 0.6 is 11.8 Å². The van der Waals surface area contributed by atoms with Gasteiger partial charge in [-0.15, -0.1) is 0 Å². The van der Waals surface area contributed by atoms with Crippen LogP contribution in [0, 0.1) is 0 Å². The van der Waals surface area contributed by atoms with Crippen LogP contribution in [-0.4, -0.2) is 60.1 Å². The van der Waals surface area contributed by atoms with Crippen LogP contribution in [0.4, 0.5) is 0 Å². The van der Waals surface area contributed by atoms with E-state index in [-0.39, 0.29) is 0 Å². The number of hydrogen-bond donors (Lipinski definition) is 1. The van der Waals surface area contributed by atoms with Crippen molar-refractivity contribution in [3.8, 4) is 0 Å². The van der Waals surface area contributed by atoms with Crippen LogP contribution < -0.4 is 0 Å². The maximum absolute atomic E-state index is 11.6. The minimum absolute atomic E-state index is 0.423. The van der Waals surface area contributed by atoms with E-state index in [1.165, 1.54) is 6.26 Å². The van der Waals surface area contributed by atoms with Crippen molar-refractivity contribution in [3.05, 3.63) is 0 Å². The SMILES string of the molecule is CCC(C(=O)O)N1CCSCC1S(C)(=O)=O. The lowest BCUT2D eigenvalue weighted by atomic mass is 10.2. The molecule has 0 saturated carbocycles. The number of hydrogen-bond acceptors (Lipinski definition) is 5. The summed E-state index contributed by atoms with van der Waals surface area (Å²) in [5.74, 6) is 0.307. The maximum atomic E-state index is 11.6. The molecule has 0 aromatic heterocycles. The lowest BCUT2D eigenvalue weighted by Crippen LogP contribution is -2.54. The lowest BCUT2D eigenvalue weighted by Gasteiger charge is -2.37. The van der Waals surface area contributed by atoms with Gasteiger partial charge in [-0.05, 0) is 6.42 Å². The molecule has 0 aromatic carbocycles. The number of nitrogens with zero attached hydrogens (tertiary/aromatic N) is 1. The molecule has 0 aliphatic carbocycles. The molecule has 1 aliphatic heterocycles. The zero-order chi connectivity index (χ0) is 12.3. The Hall–Kier alpha value is -0.270. The molecular weight excluding hydrogens is 250 g/mol. The highest BCUT2D eigenvalue weighted by atomic mass is 32.2. The number of carboxylic acids is 1. The Morgan fingerprint density at radius 1 is 1.62 bits per heavy atom. The van der Waals surface area contributed by atoms with Crippen LogP contribution in [0.5, 0.6) is 0 Å². The zero-order valence-corrected chi connectivity index (χ0v) is 11.1. The van der Waals surface area contributed by atoms with Crippen LogP contribution in [-0.2, 0) is 14.6 Å². The van der Waals surface area contributed by atoms with E-state index in [9.17, 15) is 13.2 Å². The molecule has 1 N–H and O–H groups in total. The fourth-order valence-corrected chi connectivity index (χ4v) is 4.79. The van der Waals surface area contributed by atoms with E-state index in [4.69, 9.17) is 5.11 Å². The van der Waals surface area contributed by atoms with Gasteiger partial charge in [-0.2, -0.15) is 11.8 Å². The van der Waals surface area contributed by atoms with E-state index in [1.807, 2.05) is 0 Å². The van der Waals surface area contributed by atoms with Gasteiger partial charge in [0.2, 0.25) is 0 Å². The van der Waals surface area contributed by atoms with Gasteiger partial charge in [0, 0.05) is 24.3 Å².